The van der Waals surface area contributed by atoms with Gasteiger partial charge in [0.25, 0.3) is 0 Å². The van der Waals surface area contributed by atoms with Crippen molar-refractivity contribution in [3.63, 3.8) is 0 Å². The third kappa shape index (κ3) is 2.65. The molecule has 0 saturated carbocycles. The maximum absolute atomic E-state index is 13.2. The Morgan fingerprint density at radius 3 is 2.70 bits per heavy atom. The van der Waals surface area contributed by atoms with Crippen molar-refractivity contribution in [2.45, 2.75) is 19.3 Å². The molecule has 0 fully saturated rings. The number of nitrogens with two attached hydrogens (primary N) is 1. The fraction of sp³-hybridized carbons (Fsp3) is 0.188. The number of benzene rings is 2. The van der Waals surface area contributed by atoms with E-state index in [1.807, 2.05) is 24.3 Å². The van der Waals surface area contributed by atoms with Crippen molar-refractivity contribution >= 4 is 27.2 Å². The summed E-state index contributed by atoms with van der Waals surface area (Å²) in [5.41, 5.74) is 8.46. The highest BCUT2D eigenvalue weighted by Crippen LogP contribution is 2.27. The zero-order valence-electron chi connectivity index (χ0n) is 11.1. The molecule has 0 aliphatic carbocycles. The molecule has 1 atom stereocenters. The third-order valence-electron chi connectivity index (χ3n) is 3.38. The number of aromatic nitrogens is 1. The Kier molecular flexibility index (Phi) is 3.40. The average Bonchev–Trinajstić information content (AvgIpc) is 2.80. The van der Waals surface area contributed by atoms with Crippen LogP contribution < -0.4 is 5.73 Å². The van der Waals surface area contributed by atoms with Gasteiger partial charge in [0.05, 0.1) is 15.2 Å². The number of rotatable bonds is 3. The van der Waals surface area contributed by atoms with Gasteiger partial charge in [0, 0.05) is 18.2 Å². The summed E-state index contributed by atoms with van der Waals surface area (Å²) in [6.07, 6.45) is 0.852. The maximum Gasteiger partial charge on any atom is 0.125 e. The van der Waals surface area contributed by atoms with Crippen LogP contribution in [0.1, 0.15) is 23.4 Å². The van der Waals surface area contributed by atoms with Crippen molar-refractivity contribution in [2.24, 2.45) is 0 Å². The van der Waals surface area contributed by atoms with Gasteiger partial charge in [-0.2, -0.15) is 0 Å². The second-order valence-corrected chi connectivity index (χ2v) is 6.11. The summed E-state index contributed by atoms with van der Waals surface area (Å²) in [4.78, 5) is 4.51. The second-order valence-electron chi connectivity index (χ2n) is 4.99. The van der Waals surface area contributed by atoms with Crippen LogP contribution in [-0.4, -0.2) is 4.98 Å². The van der Waals surface area contributed by atoms with Crippen molar-refractivity contribution < 1.29 is 4.39 Å². The molecule has 0 aliphatic rings. The van der Waals surface area contributed by atoms with Crippen LogP contribution in [0, 0.1) is 5.82 Å². The van der Waals surface area contributed by atoms with E-state index < -0.39 is 0 Å². The molecule has 0 radical (unpaired) electrons. The molecule has 3 rings (SSSR count). The lowest BCUT2D eigenvalue weighted by Crippen LogP contribution is -1.98. The maximum atomic E-state index is 13.2. The lowest BCUT2D eigenvalue weighted by molar-refractivity contribution is 0.629. The molecule has 1 heterocycles. The SMILES string of the molecule is CC(Cc1nc2cc(F)ccc2s1)c1ccc(N)cc1. The molecular formula is C16H15FN2S. The Balaban J connectivity index is 1.83. The van der Waals surface area contributed by atoms with E-state index in [0.717, 1.165) is 27.3 Å². The first kappa shape index (κ1) is 13.1. The number of hydrogen-bond acceptors (Lipinski definition) is 3. The summed E-state index contributed by atoms with van der Waals surface area (Å²) >= 11 is 1.63. The fourth-order valence-corrected chi connectivity index (χ4v) is 3.32. The molecule has 0 aliphatic heterocycles. The number of nitrogens with zero attached hydrogens (tertiary/aromatic N) is 1. The molecule has 4 heteroatoms. The number of thiazole rings is 1. The molecule has 3 aromatic rings. The molecule has 2 aromatic carbocycles. The Labute approximate surface area is 121 Å². The van der Waals surface area contributed by atoms with Crippen LogP contribution in [-0.2, 0) is 6.42 Å². The molecule has 1 unspecified atom stereocenters. The van der Waals surface area contributed by atoms with E-state index in [9.17, 15) is 4.39 Å². The van der Waals surface area contributed by atoms with Gasteiger partial charge in [-0.15, -0.1) is 11.3 Å². The lowest BCUT2D eigenvalue weighted by Gasteiger charge is -2.10. The molecule has 1 aromatic heterocycles. The minimum Gasteiger partial charge on any atom is -0.399 e. The molecule has 0 spiro atoms. The zero-order chi connectivity index (χ0) is 14.1. The van der Waals surface area contributed by atoms with Crippen LogP contribution in [0.2, 0.25) is 0 Å². The van der Waals surface area contributed by atoms with Crippen LogP contribution in [0.25, 0.3) is 10.2 Å². The van der Waals surface area contributed by atoms with Crippen LogP contribution in [0.4, 0.5) is 10.1 Å². The summed E-state index contributed by atoms with van der Waals surface area (Å²) < 4.78 is 14.2. The monoisotopic (exact) mass is 286 g/mol. The quantitative estimate of drug-likeness (QED) is 0.726. The highest BCUT2D eigenvalue weighted by Gasteiger charge is 2.11. The number of hydrogen-bond donors (Lipinski definition) is 1. The Hall–Kier alpha value is -1.94. The van der Waals surface area contributed by atoms with Crippen LogP contribution in [0.3, 0.4) is 0 Å². The highest BCUT2D eigenvalue weighted by atomic mass is 32.1. The summed E-state index contributed by atoms with van der Waals surface area (Å²) in [6.45, 7) is 2.16. The molecule has 20 heavy (non-hydrogen) atoms. The molecular weight excluding hydrogens is 271 g/mol. The van der Waals surface area contributed by atoms with Crippen molar-refractivity contribution in [3.8, 4) is 0 Å². The fourth-order valence-electron chi connectivity index (χ4n) is 2.24. The smallest absolute Gasteiger partial charge is 0.125 e. The van der Waals surface area contributed by atoms with Gasteiger partial charge in [-0.25, -0.2) is 9.37 Å². The highest BCUT2D eigenvalue weighted by molar-refractivity contribution is 7.18. The zero-order valence-corrected chi connectivity index (χ0v) is 12.0. The van der Waals surface area contributed by atoms with Crippen molar-refractivity contribution in [1.29, 1.82) is 0 Å². The Morgan fingerprint density at radius 2 is 1.95 bits per heavy atom. The number of halogens is 1. The molecule has 0 saturated heterocycles. The second kappa shape index (κ2) is 5.21. The van der Waals surface area contributed by atoms with Crippen molar-refractivity contribution in [1.82, 2.24) is 4.98 Å². The molecule has 2 N–H and O–H groups in total. The predicted molar refractivity (Wildman–Crippen MR) is 82.6 cm³/mol. The standard InChI is InChI=1S/C16H15FN2S/c1-10(11-2-5-13(18)6-3-11)8-16-19-14-9-12(17)4-7-15(14)20-16/h2-7,9-10H,8,18H2,1H3. The first-order chi connectivity index (χ1) is 9.61. The van der Waals surface area contributed by atoms with Gasteiger partial charge in [-0.1, -0.05) is 19.1 Å². The van der Waals surface area contributed by atoms with Crippen LogP contribution in [0.15, 0.2) is 42.5 Å². The van der Waals surface area contributed by atoms with Crippen molar-refractivity contribution in [3.05, 3.63) is 58.9 Å². The van der Waals surface area contributed by atoms with Crippen molar-refractivity contribution in [2.75, 3.05) is 5.73 Å². The Bertz CT molecular complexity index is 734. The Morgan fingerprint density at radius 1 is 1.20 bits per heavy atom. The lowest BCUT2D eigenvalue weighted by atomic mass is 9.98. The summed E-state index contributed by atoms with van der Waals surface area (Å²) in [5, 5.41) is 1.04. The third-order valence-corrected chi connectivity index (χ3v) is 4.44. The van der Waals surface area contributed by atoms with Crippen LogP contribution in [0.5, 0.6) is 0 Å². The van der Waals surface area contributed by atoms with Gasteiger partial charge in [-0.3, -0.25) is 0 Å². The largest absolute Gasteiger partial charge is 0.399 e. The van der Waals surface area contributed by atoms with Gasteiger partial charge in [-0.05, 0) is 35.7 Å². The minimum absolute atomic E-state index is 0.235. The van der Waals surface area contributed by atoms with Crippen LogP contribution >= 0.6 is 11.3 Å². The van der Waals surface area contributed by atoms with E-state index in [1.54, 1.807) is 17.4 Å². The molecule has 2 nitrogen and oxygen atoms in total. The number of nitrogen functional groups attached to an aromatic ring is 1. The predicted octanol–water partition coefficient (Wildman–Crippen LogP) is 4.36. The molecule has 0 bridgehead atoms. The summed E-state index contributed by atoms with van der Waals surface area (Å²) in [7, 11) is 0. The van der Waals surface area contributed by atoms with E-state index >= 15 is 0 Å². The normalized spacial score (nSPS) is 12.7. The van der Waals surface area contributed by atoms with E-state index in [0.29, 0.717) is 5.92 Å². The van der Waals surface area contributed by atoms with Gasteiger partial charge in [0.2, 0.25) is 0 Å². The van der Waals surface area contributed by atoms with E-state index in [-0.39, 0.29) is 5.82 Å². The first-order valence-electron chi connectivity index (χ1n) is 6.52. The first-order valence-corrected chi connectivity index (χ1v) is 7.34. The van der Waals surface area contributed by atoms with Gasteiger partial charge in [0.1, 0.15) is 5.82 Å². The van der Waals surface area contributed by atoms with E-state index in [4.69, 9.17) is 5.73 Å². The van der Waals surface area contributed by atoms with Gasteiger partial charge < -0.3 is 5.73 Å². The van der Waals surface area contributed by atoms with E-state index in [2.05, 4.69) is 11.9 Å². The number of fused-ring (bicyclic) bond motifs is 1. The topological polar surface area (TPSA) is 38.9 Å². The van der Waals surface area contributed by atoms with Gasteiger partial charge in [0.15, 0.2) is 0 Å². The number of anilines is 1. The van der Waals surface area contributed by atoms with Gasteiger partial charge >= 0.3 is 0 Å². The molecule has 0 amide bonds. The average molecular weight is 286 g/mol. The molecule has 102 valence electrons. The summed E-state index contributed by atoms with van der Waals surface area (Å²) in [5.74, 6) is 0.127. The summed E-state index contributed by atoms with van der Waals surface area (Å²) in [6, 6.07) is 12.7. The minimum atomic E-state index is -0.235. The van der Waals surface area contributed by atoms with E-state index in [1.165, 1.54) is 17.7 Å².